The first-order chi connectivity index (χ1) is 4.25. The Morgan fingerprint density at radius 3 is 1.55 bits per heavy atom. The quantitative estimate of drug-likeness (QED) is 0.172. The van der Waals surface area contributed by atoms with Crippen molar-refractivity contribution < 1.29 is 44.0 Å². The van der Waals surface area contributed by atoms with Crippen molar-refractivity contribution in [2.45, 2.75) is 11.9 Å². The molecule has 0 amide bonds. The smallest absolute Gasteiger partial charge is 1.00 e. The molecule has 5 nitrogen and oxygen atoms in total. The van der Waals surface area contributed by atoms with E-state index in [0.29, 0.717) is 0 Å². The predicted molar refractivity (Wildman–Crippen MR) is 40.7 cm³/mol. The third-order valence-electron chi connectivity index (χ3n) is 0.556. The van der Waals surface area contributed by atoms with Crippen molar-refractivity contribution in [2.24, 2.45) is 11.5 Å². The third-order valence-corrected chi connectivity index (χ3v) is 1.67. The Labute approximate surface area is 90.4 Å². The van der Waals surface area contributed by atoms with Gasteiger partial charge in [0.1, 0.15) is 0 Å². The predicted octanol–water partition coefficient (Wildman–Crippen LogP) is -3.62. The molecule has 7 heteroatoms. The fraction of sp³-hybridized carbons (Fsp3) is 0.500. The molecule has 0 heterocycles. The van der Waals surface area contributed by atoms with E-state index in [1.807, 2.05) is 0 Å². The standard InChI is InChI=1S/C2H8N2O3S.C2H4.Na.H/c1-2(3,4)8(5,6)7;1-2;;/h3-4H2,1H3,(H,5,6,7);1-2H2;;/q;;+1;-1. The van der Waals surface area contributed by atoms with Crippen molar-refractivity contribution in [3.05, 3.63) is 13.2 Å². The maximum Gasteiger partial charge on any atom is 1.00 e. The minimum atomic E-state index is -4.28. The molecule has 0 spiro atoms. The van der Waals surface area contributed by atoms with E-state index >= 15 is 0 Å². The van der Waals surface area contributed by atoms with Crippen LogP contribution in [0.4, 0.5) is 0 Å². The van der Waals surface area contributed by atoms with E-state index in [1.165, 1.54) is 0 Å². The summed E-state index contributed by atoms with van der Waals surface area (Å²) in [5, 5.41) is 0. The fourth-order valence-electron chi connectivity index (χ4n) is 0. The zero-order valence-corrected chi connectivity index (χ0v) is 9.56. The first-order valence-electron chi connectivity index (χ1n) is 2.30. The molecule has 5 N–H and O–H groups in total. The molecule has 0 radical (unpaired) electrons. The Balaban J connectivity index is -0.0000000740. The van der Waals surface area contributed by atoms with Gasteiger partial charge in [-0.3, -0.25) is 16.0 Å². The van der Waals surface area contributed by atoms with E-state index in [4.69, 9.17) is 16.0 Å². The van der Waals surface area contributed by atoms with Crippen molar-refractivity contribution in [1.29, 1.82) is 0 Å². The number of rotatable bonds is 1. The van der Waals surface area contributed by atoms with Crippen molar-refractivity contribution in [1.82, 2.24) is 0 Å². The zero-order chi connectivity index (χ0) is 9.00. The van der Waals surface area contributed by atoms with Gasteiger partial charge in [-0.05, 0) is 6.92 Å². The molecule has 0 saturated carbocycles. The molecule has 0 aliphatic rings. The van der Waals surface area contributed by atoms with Gasteiger partial charge in [0.25, 0.3) is 10.1 Å². The van der Waals surface area contributed by atoms with Gasteiger partial charge in [0.15, 0.2) is 4.99 Å². The summed E-state index contributed by atoms with van der Waals surface area (Å²) in [5.74, 6) is 0. The summed E-state index contributed by atoms with van der Waals surface area (Å²) < 4.78 is 28.0. The van der Waals surface area contributed by atoms with Gasteiger partial charge in [-0.25, -0.2) is 0 Å². The average Bonchev–Trinajstić information content (AvgIpc) is 1.66. The number of nitrogens with two attached hydrogens (primary N) is 2. The molecule has 0 aliphatic carbocycles. The van der Waals surface area contributed by atoms with Crippen molar-refractivity contribution >= 4 is 10.1 Å². The van der Waals surface area contributed by atoms with E-state index in [2.05, 4.69) is 13.2 Å². The van der Waals surface area contributed by atoms with Crippen LogP contribution in [-0.2, 0) is 10.1 Å². The van der Waals surface area contributed by atoms with Gasteiger partial charge in [-0.1, -0.05) is 0 Å². The Hall–Kier alpha value is 0.570. The van der Waals surface area contributed by atoms with Gasteiger partial charge in [0, 0.05) is 0 Å². The summed E-state index contributed by atoms with van der Waals surface area (Å²) in [5.41, 5.74) is 9.50. The van der Waals surface area contributed by atoms with Gasteiger partial charge in [-0.15, -0.1) is 13.2 Å². The molecule has 0 unspecified atom stereocenters. The van der Waals surface area contributed by atoms with Gasteiger partial charge in [0.05, 0.1) is 0 Å². The minimum Gasteiger partial charge on any atom is -1.00 e. The molecule has 0 aromatic heterocycles. The molecule has 0 aliphatic heterocycles. The molecule has 0 bridgehead atoms. The van der Waals surface area contributed by atoms with Crippen LogP contribution in [0.2, 0.25) is 0 Å². The van der Waals surface area contributed by atoms with Gasteiger partial charge in [-0.2, -0.15) is 8.42 Å². The van der Waals surface area contributed by atoms with Crippen LogP contribution in [0.25, 0.3) is 0 Å². The van der Waals surface area contributed by atoms with Crippen LogP contribution in [0.5, 0.6) is 0 Å². The van der Waals surface area contributed by atoms with Gasteiger partial charge >= 0.3 is 29.6 Å². The summed E-state index contributed by atoms with van der Waals surface area (Å²) in [6.07, 6.45) is 0. The maximum atomic E-state index is 9.96. The van der Waals surface area contributed by atoms with Gasteiger partial charge < -0.3 is 1.43 Å². The number of hydrogen-bond donors (Lipinski definition) is 3. The second-order valence-corrected chi connectivity index (χ2v) is 3.49. The SMILES string of the molecule is C=C.CC(N)(N)S(=O)(=O)O.[H-].[Na+]. The summed E-state index contributed by atoms with van der Waals surface area (Å²) in [6.45, 7) is 6.99. The van der Waals surface area contributed by atoms with E-state index < -0.39 is 15.1 Å². The molecule has 0 saturated heterocycles. The van der Waals surface area contributed by atoms with Crippen LogP contribution >= 0.6 is 0 Å². The summed E-state index contributed by atoms with van der Waals surface area (Å²) in [6, 6.07) is 0. The Kier molecular flexibility index (Phi) is 9.80. The summed E-state index contributed by atoms with van der Waals surface area (Å²) in [7, 11) is -4.28. The van der Waals surface area contributed by atoms with E-state index in [0.717, 1.165) is 6.92 Å². The monoisotopic (exact) mass is 192 g/mol. The zero-order valence-electron chi connectivity index (χ0n) is 7.74. The van der Waals surface area contributed by atoms with E-state index in [-0.39, 0.29) is 31.0 Å². The van der Waals surface area contributed by atoms with Crippen LogP contribution in [0.3, 0.4) is 0 Å². The Morgan fingerprint density at radius 2 is 1.55 bits per heavy atom. The topological polar surface area (TPSA) is 106 Å². The molecular formula is C4H13N2NaO3S. The van der Waals surface area contributed by atoms with Crippen LogP contribution in [0.15, 0.2) is 13.2 Å². The second-order valence-electron chi connectivity index (χ2n) is 1.66. The maximum absolute atomic E-state index is 9.96. The molecule has 64 valence electrons. The Bertz CT molecular complexity index is 189. The van der Waals surface area contributed by atoms with Crippen LogP contribution in [-0.4, -0.2) is 18.0 Å². The van der Waals surface area contributed by atoms with Crippen molar-refractivity contribution in [3.63, 3.8) is 0 Å². The molecule has 0 rings (SSSR count). The van der Waals surface area contributed by atoms with E-state index in [1.54, 1.807) is 0 Å². The van der Waals surface area contributed by atoms with Crippen LogP contribution < -0.4 is 41.0 Å². The molecule has 0 atom stereocenters. The first-order valence-corrected chi connectivity index (χ1v) is 3.74. The first kappa shape index (κ1) is 17.6. The Morgan fingerprint density at radius 1 is 1.45 bits per heavy atom. The molecule has 0 aromatic carbocycles. The molecule has 0 fully saturated rings. The minimum absolute atomic E-state index is 0. The van der Waals surface area contributed by atoms with Crippen LogP contribution in [0, 0.1) is 0 Å². The summed E-state index contributed by atoms with van der Waals surface area (Å²) in [4.78, 5) is -2.03. The fourth-order valence-corrected chi connectivity index (χ4v) is 0. The largest absolute Gasteiger partial charge is 1.00 e. The number of hydrogen-bond acceptors (Lipinski definition) is 4. The molecule has 11 heavy (non-hydrogen) atoms. The average molecular weight is 192 g/mol. The van der Waals surface area contributed by atoms with Crippen LogP contribution in [0.1, 0.15) is 8.35 Å². The molecule has 0 aromatic rings. The van der Waals surface area contributed by atoms with Crippen molar-refractivity contribution in [3.8, 4) is 0 Å². The summed E-state index contributed by atoms with van der Waals surface area (Å²) >= 11 is 0. The van der Waals surface area contributed by atoms with E-state index in [9.17, 15) is 8.42 Å². The van der Waals surface area contributed by atoms with Gasteiger partial charge in [0.2, 0.25) is 0 Å². The normalized spacial score (nSPS) is 10.5. The second kappa shape index (κ2) is 6.13. The van der Waals surface area contributed by atoms with Crippen molar-refractivity contribution in [2.75, 3.05) is 0 Å². The molecular weight excluding hydrogens is 179 g/mol. The third kappa shape index (κ3) is 8.48.